The number of nitrogens with two attached hydrogens (primary N) is 1. The smallest absolute Gasteiger partial charge is 0.180 e. The summed E-state index contributed by atoms with van der Waals surface area (Å²) in [4.78, 5) is 0. The Morgan fingerprint density at radius 3 is 2.75 bits per heavy atom. The molecule has 0 saturated carbocycles. The highest BCUT2D eigenvalue weighted by Gasteiger charge is 2.13. The summed E-state index contributed by atoms with van der Waals surface area (Å²) in [5.41, 5.74) is 2.42. The maximum atomic E-state index is 5.13. The van der Waals surface area contributed by atoms with E-state index in [0.717, 1.165) is 12.5 Å². The minimum Gasteiger partial charge on any atom is -0.361 e. The summed E-state index contributed by atoms with van der Waals surface area (Å²) in [6, 6.07) is 0. The second-order valence-corrected chi connectivity index (χ2v) is 4.54. The molecule has 3 nitrogen and oxygen atoms in total. The summed E-state index contributed by atoms with van der Waals surface area (Å²) in [5.74, 6) is 8.48. The Labute approximate surface area is 82.8 Å². The van der Waals surface area contributed by atoms with E-state index in [-0.39, 0.29) is 0 Å². The van der Waals surface area contributed by atoms with Gasteiger partial charge < -0.3 is 10.7 Å². The number of hydrazine groups is 1. The Kier molecular flexibility index (Phi) is 4.72. The monoisotopic (exact) mass is 205 g/mol. The van der Waals surface area contributed by atoms with Gasteiger partial charge in [0.15, 0.2) is 5.11 Å². The van der Waals surface area contributed by atoms with Gasteiger partial charge in [-0.1, -0.05) is 0 Å². The Hall–Kier alpha value is 0. The van der Waals surface area contributed by atoms with Crippen molar-refractivity contribution in [1.29, 1.82) is 0 Å². The van der Waals surface area contributed by atoms with Gasteiger partial charge in [0, 0.05) is 6.54 Å². The zero-order chi connectivity index (χ0) is 8.81. The van der Waals surface area contributed by atoms with E-state index in [0.29, 0.717) is 5.11 Å². The van der Waals surface area contributed by atoms with Crippen LogP contribution in [0.1, 0.15) is 12.8 Å². The zero-order valence-corrected chi connectivity index (χ0v) is 8.64. The van der Waals surface area contributed by atoms with Crippen LogP contribution in [0.2, 0.25) is 0 Å². The Bertz CT molecular complexity index is 146. The van der Waals surface area contributed by atoms with Crippen molar-refractivity contribution >= 4 is 29.1 Å². The molecule has 0 aromatic carbocycles. The third kappa shape index (κ3) is 3.60. The van der Waals surface area contributed by atoms with Crippen LogP contribution in [0.5, 0.6) is 0 Å². The predicted octanol–water partition coefficient (Wildman–Crippen LogP) is 0.467. The van der Waals surface area contributed by atoms with Crippen molar-refractivity contribution in [3.63, 3.8) is 0 Å². The van der Waals surface area contributed by atoms with Crippen LogP contribution in [0.4, 0.5) is 0 Å². The molecular formula is C7H15N3S2. The van der Waals surface area contributed by atoms with Gasteiger partial charge in [0.05, 0.1) is 0 Å². The highest BCUT2D eigenvalue weighted by molar-refractivity contribution is 7.99. The summed E-state index contributed by atoms with van der Waals surface area (Å²) in [7, 11) is 0. The molecule has 0 atom stereocenters. The summed E-state index contributed by atoms with van der Waals surface area (Å²) in [5, 5.41) is 3.64. The van der Waals surface area contributed by atoms with Gasteiger partial charge in [-0.15, -0.1) is 0 Å². The summed E-state index contributed by atoms with van der Waals surface area (Å²) >= 11 is 6.91. The largest absolute Gasteiger partial charge is 0.361 e. The molecule has 0 radical (unpaired) electrons. The molecule has 0 aliphatic carbocycles. The third-order valence-corrected chi connectivity index (χ3v) is 3.33. The Morgan fingerprint density at radius 1 is 1.50 bits per heavy atom. The Balaban J connectivity index is 2.09. The predicted molar refractivity (Wildman–Crippen MR) is 58.0 cm³/mol. The average molecular weight is 205 g/mol. The van der Waals surface area contributed by atoms with Crippen molar-refractivity contribution < 1.29 is 0 Å². The second-order valence-electron chi connectivity index (χ2n) is 2.91. The van der Waals surface area contributed by atoms with Gasteiger partial charge in [0.2, 0.25) is 0 Å². The van der Waals surface area contributed by atoms with Crippen LogP contribution >= 0.6 is 24.0 Å². The molecule has 0 aromatic heterocycles. The van der Waals surface area contributed by atoms with Crippen LogP contribution in [0.25, 0.3) is 0 Å². The molecule has 12 heavy (non-hydrogen) atoms. The first-order chi connectivity index (χ1) is 5.83. The maximum Gasteiger partial charge on any atom is 0.180 e. The molecule has 1 aliphatic rings. The van der Waals surface area contributed by atoms with Gasteiger partial charge in [0.25, 0.3) is 0 Å². The molecule has 0 amide bonds. The highest BCUT2D eigenvalue weighted by Crippen LogP contribution is 2.21. The van der Waals surface area contributed by atoms with Crippen molar-refractivity contribution in [3.8, 4) is 0 Å². The van der Waals surface area contributed by atoms with Crippen molar-refractivity contribution in [1.82, 2.24) is 10.7 Å². The first-order valence-electron chi connectivity index (χ1n) is 4.15. The molecule has 1 rings (SSSR count). The van der Waals surface area contributed by atoms with Crippen LogP contribution in [-0.4, -0.2) is 23.2 Å². The lowest BCUT2D eigenvalue weighted by Gasteiger charge is -2.21. The van der Waals surface area contributed by atoms with Crippen LogP contribution < -0.4 is 16.6 Å². The van der Waals surface area contributed by atoms with Crippen molar-refractivity contribution in [2.45, 2.75) is 12.8 Å². The molecule has 0 bridgehead atoms. The summed E-state index contributed by atoms with van der Waals surface area (Å²) in [6.45, 7) is 0.962. The summed E-state index contributed by atoms with van der Waals surface area (Å²) in [6.07, 6.45) is 2.59. The van der Waals surface area contributed by atoms with Crippen LogP contribution in [0.15, 0.2) is 0 Å². The van der Waals surface area contributed by atoms with Crippen LogP contribution in [0.3, 0.4) is 0 Å². The number of rotatable bonds is 2. The molecule has 0 spiro atoms. The number of thiocarbonyl (C=S) groups is 1. The summed E-state index contributed by atoms with van der Waals surface area (Å²) < 4.78 is 0. The minimum absolute atomic E-state index is 0.549. The van der Waals surface area contributed by atoms with Gasteiger partial charge in [-0.2, -0.15) is 11.8 Å². The minimum atomic E-state index is 0.549. The van der Waals surface area contributed by atoms with E-state index < -0.39 is 0 Å². The number of nitrogens with one attached hydrogen (secondary N) is 2. The zero-order valence-electron chi connectivity index (χ0n) is 7.01. The van der Waals surface area contributed by atoms with E-state index in [4.69, 9.17) is 18.1 Å². The molecule has 0 unspecified atom stereocenters. The molecule has 4 N–H and O–H groups in total. The maximum absolute atomic E-state index is 5.13. The molecule has 1 saturated heterocycles. The molecule has 1 heterocycles. The van der Waals surface area contributed by atoms with Gasteiger partial charge in [-0.3, -0.25) is 0 Å². The van der Waals surface area contributed by atoms with E-state index in [9.17, 15) is 0 Å². The van der Waals surface area contributed by atoms with Crippen molar-refractivity contribution in [2.75, 3.05) is 18.1 Å². The van der Waals surface area contributed by atoms with Gasteiger partial charge in [0.1, 0.15) is 0 Å². The van der Waals surface area contributed by atoms with E-state index in [2.05, 4.69) is 10.7 Å². The lowest BCUT2D eigenvalue weighted by Crippen LogP contribution is -2.42. The number of hydrogen-bond donors (Lipinski definition) is 3. The fraction of sp³-hybridized carbons (Fsp3) is 0.857. The molecule has 1 aliphatic heterocycles. The third-order valence-electron chi connectivity index (χ3n) is 2.02. The van der Waals surface area contributed by atoms with E-state index in [1.54, 1.807) is 0 Å². The topological polar surface area (TPSA) is 50.1 Å². The number of hydrogen-bond acceptors (Lipinski definition) is 3. The Morgan fingerprint density at radius 2 is 2.17 bits per heavy atom. The molecule has 70 valence electrons. The van der Waals surface area contributed by atoms with Crippen molar-refractivity contribution in [3.05, 3.63) is 0 Å². The van der Waals surface area contributed by atoms with Crippen molar-refractivity contribution in [2.24, 2.45) is 11.8 Å². The fourth-order valence-corrected chi connectivity index (χ4v) is 2.53. The standard InChI is InChI=1S/C7H15N3S2/c8-10-7(11)9-5-6-1-3-12-4-2-6/h6H,1-5,8H2,(H2,9,10,11). The highest BCUT2D eigenvalue weighted by atomic mass is 32.2. The normalized spacial score (nSPS) is 18.8. The molecule has 1 fully saturated rings. The van der Waals surface area contributed by atoms with Gasteiger partial charge >= 0.3 is 0 Å². The molecular weight excluding hydrogens is 190 g/mol. The lowest BCUT2D eigenvalue weighted by molar-refractivity contribution is 0.481. The van der Waals surface area contributed by atoms with Crippen LogP contribution in [-0.2, 0) is 0 Å². The fourth-order valence-electron chi connectivity index (χ4n) is 1.24. The second kappa shape index (κ2) is 5.61. The van der Waals surface area contributed by atoms with Gasteiger partial charge in [-0.05, 0) is 42.5 Å². The van der Waals surface area contributed by atoms with E-state index >= 15 is 0 Å². The lowest BCUT2D eigenvalue weighted by atomic mass is 10.0. The van der Waals surface area contributed by atoms with Gasteiger partial charge in [-0.25, -0.2) is 5.84 Å². The van der Waals surface area contributed by atoms with Crippen LogP contribution in [0, 0.1) is 5.92 Å². The molecule has 5 heteroatoms. The number of thioether (sulfide) groups is 1. The average Bonchev–Trinajstić information content (AvgIpc) is 2.16. The first-order valence-corrected chi connectivity index (χ1v) is 5.71. The van der Waals surface area contributed by atoms with E-state index in [1.165, 1.54) is 24.3 Å². The quantitative estimate of drug-likeness (QED) is 0.347. The molecule has 0 aromatic rings. The SMILES string of the molecule is NNC(=S)NCC1CCSCC1. The first kappa shape index (κ1) is 10.1. The van der Waals surface area contributed by atoms with E-state index in [1.807, 2.05) is 11.8 Å².